The van der Waals surface area contributed by atoms with Crippen LogP contribution in [0.25, 0.3) is 0 Å². The summed E-state index contributed by atoms with van der Waals surface area (Å²) in [5.74, 6) is 0.215. The van der Waals surface area contributed by atoms with Crippen LogP contribution in [0.1, 0.15) is 76.1 Å². The van der Waals surface area contributed by atoms with Gasteiger partial charge in [0.05, 0.1) is 5.56 Å². The van der Waals surface area contributed by atoms with Gasteiger partial charge in [-0.15, -0.1) is 0 Å². The lowest BCUT2D eigenvalue weighted by molar-refractivity contribution is -0.136. The zero-order valence-corrected chi connectivity index (χ0v) is 17.6. The Balaban J connectivity index is 1.62. The molecule has 7 nitrogen and oxygen atoms in total. The van der Waals surface area contributed by atoms with E-state index >= 15 is 0 Å². The molecule has 2 saturated heterocycles. The van der Waals surface area contributed by atoms with Crippen LogP contribution in [0.2, 0.25) is 0 Å². The highest BCUT2D eigenvalue weighted by atomic mass is 16.6. The van der Waals surface area contributed by atoms with Crippen molar-refractivity contribution in [3.63, 3.8) is 0 Å². The second kappa shape index (κ2) is 8.51. The summed E-state index contributed by atoms with van der Waals surface area (Å²) in [5, 5.41) is 2.58. The fourth-order valence-corrected chi connectivity index (χ4v) is 4.21. The molecule has 2 amide bonds. The Kier molecular flexibility index (Phi) is 6.24. The molecule has 0 radical (unpaired) electrons. The van der Waals surface area contributed by atoms with Gasteiger partial charge in [0.1, 0.15) is 11.4 Å². The molecular formula is C22H31N3O4. The Bertz CT molecular complexity index is 757. The van der Waals surface area contributed by atoms with Crippen LogP contribution < -0.4 is 10.2 Å². The monoisotopic (exact) mass is 401 g/mol. The third-order valence-electron chi connectivity index (χ3n) is 5.67. The molecule has 7 heteroatoms. The van der Waals surface area contributed by atoms with Gasteiger partial charge in [-0.3, -0.25) is 14.9 Å². The number of aromatic nitrogens is 1. The van der Waals surface area contributed by atoms with Crippen molar-refractivity contribution in [1.29, 1.82) is 0 Å². The quantitative estimate of drug-likeness (QED) is 0.605. The summed E-state index contributed by atoms with van der Waals surface area (Å²) in [7, 11) is 0. The van der Waals surface area contributed by atoms with E-state index in [0.717, 1.165) is 57.4 Å². The van der Waals surface area contributed by atoms with E-state index in [0.29, 0.717) is 12.0 Å². The van der Waals surface area contributed by atoms with Crippen molar-refractivity contribution in [3.8, 4) is 0 Å². The minimum atomic E-state index is -0.538. The Morgan fingerprint density at radius 3 is 2.34 bits per heavy atom. The highest BCUT2D eigenvalue weighted by Crippen LogP contribution is 2.39. The number of nitrogens with one attached hydrogen (secondary N) is 1. The number of carbonyl (C=O) groups excluding carboxylic acids is 3. The normalized spacial score (nSPS) is 20.4. The Morgan fingerprint density at radius 1 is 1.10 bits per heavy atom. The van der Waals surface area contributed by atoms with E-state index in [-0.39, 0.29) is 17.8 Å². The maximum absolute atomic E-state index is 12.6. The van der Waals surface area contributed by atoms with Crippen LogP contribution in [0.5, 0.6) is 0 Å². The van der Waals surface area contributed by atoms with Gasteiger partial charge in [-0.25, -0.2) is 9.78 Å². The molecule has 1 spiro atoms. The summed E-state index contributed by atoms with van der Waals surface area (Å²) in [6.07, 6.45) is 6.83. The van der Waals surface area contributed by atoms with Crippen molar-refractivity contribution in [2.45, 2.75) is 71.3 Å². The van der Waals surface area contributed by atoms with Gasteiger partial charge in [-0.1, -0.05) is 0 Å². The van der Waals surface area contributed by atoms with E-state index in [9.17, 15) is 14.4 Å². The fraction of sp³-hybridized carbons (Fsp3) is 0.636. The van der Waals surface area contributed by atoms with Crippen LogP contribution in [-0.2, 0) is 14.3 Å². The molecule has 0 aromatic carbocycles. The molecule has 0 bridgehead atoms. The lowest BCUT2D eigenvalue weighted by Crippen LogP contribution is -2.43. The summed E-state index contributed by atoms with van der Waals surface area (Å²) in [6.45, 7) is 7.10. The first-order valence-corrected chi connectivity index (χ1v) is 10.5. The zero-order valence-electron chi connectivity index (χ0n) is 17.6. The molecule has 158 valence electrons. The number of nitrogens with zero attached hydrogens (tertiary/aromatic N) is 2. The van der Waals surface area contributed by atoms with Gasteiger partial charge in [0.2, 0.25) is 11.8 Å². The van der Waals surface area contributed by atoms with Gasteiger partial charge >= 0.3 is 5.97 Å². The molecule has 0 saturated carbocycles. The van der Waals surface area contributed by atoms with Gasteiger partial charge in [-0.05, 0) is 71.4 Å². The van der Waals surface area contributed by atoms with Crippen LogP contribution >= 0.6 is 0 Å². The van der Waals surface area contributed by atoms with E-state index in [1.807, 2.05) is 26.8 Å². The first-order valence-electron chi connectivity index (χ1n) is 10.5. The number of imide groups is 1. The molecular weight excluding hydrogens is 370 g/mol. The molecule has 3 rings (SSSR count). The molecule has 3 heterocycles. The number of pyridine rings is 1. The molecule has 0 atom stereocenters. The van der Waals surface area contributed by atoms with Crippen molar-refractivity contribution in [2.75, 3.05) is 18.0 Å². The summed E-state index contributed by atoms with van der Waals surface area (Å²) >= 11 is 0. The van der Waals surface area contributed by atoms with Crippen LogP contribution in [0.4, 0.5) is 5.82 Å². The van der Waals surface area contributed by atoms with E-state index in [2.05, 4.69) is 15.2 Å². The van der Waals surface area contributed by atoms with Gasteiger partial charge < -0.3 is 9.64 Å². The summed E-state index contributed by atoms with van der Waals surface area (Å²) in [4.78, 5) is 43.1. The van der Waals surface area contributed by atoms with Gasteiger partial charge in [0.15, 0.2) is 0 Å². The van der Waals surface area contributed by atoms with Crippen molar-refractivity contribution < 1.29 is 19.1 Å². The molecule has 0 aliphatic carbocycles. The standard InChI is InChI=1S/C22H31N3O4/c1-21(2,3)29-19(27)16-8-9-17(23-15-16)25-13-5-11-22(12-6-14-25)10-4-7-18(26)24-20(22)28/h8-9,15H,4-7,10-14H2,1-3H3,(H,24,26,28). The topological polar surface area (TPSA) is 88.6 Å². The van der Waals surface area contributed by atoms with Crippen molar-refractivity contribution >= 4 is 23.6 Å². The maximum atomic E-state index is 12.6. The Hall–Kier alpha value is -2.44. The molecule has 2 aliphatic heterocycles. The predicted octanol–water partition coefficient (Wildman–Crippen LogP) is 3.23. The highest BCUT2D eigenvalue weighted by molar-refractivity contribution is 5.98. The maximum Gasteiger partial charge on any atom is 0.340 e. The number of rotatable bonds is 2. The van der Waals surface area contributed by atoms with Crippen LogP contribution in [0, 0.1) is 5.41 Å². The number of esters is 1. The minimum absolute atomic E-state index is 0.0895. The number of hydrogen-bond acceptors (Lipinski definition) is 6. The van der Waals surface area contributed by atoms with Crippen LogP contribution in [0.3, 0.4) is 0 Å². The molecule has 1 aromatic heterocycles. The highest BCUT2D eigenvalue weighted by Gasteiger charge is 2.40. The van der Waals surface area contributed by atoms with Gasteiger partial charge in [0.25, 0.3) is 0 Å². The number of hydrogen-bond donors (Lipinski definition) is 1. The lowest BCUT2D eigenvalue weighted by atomic mass is 9.74. The number of anilines is 1. The van der Waals surface area contributed by atoms with Gasteiger partial charge in [-0.2, -0.15) is 0 Å². The van der Waals surface area contributed by atoms with Crippen molar-refractivity contribution in [1.82, 2.24) is 10.3 Å². The van der Waals surface area contributed by atoms with Crippen LogP contribution in [0.15, 0.2) is 18.3 Å². The molecule has 1 aromatic rings. The smallest absolute Gasteiger partial charge is 0.340 e. The van der Waals surface area contributed by atoms with E-state index in [4.69, 9.17) is 4.74 Å². The summed E-state index contributed by atoms with van der Waals surface area (Å²) < 4.78 is 5.38. The third-order valence-corrected chi connectivity index (χ3v) is 5.67. The van der Waals surface area contributed by atoms with Crippen molar-refractivity contribution in [2.24, 2.45) is 5.41 Å². The third kappa shape index (κ3) is 5.34. The average Bonchev–Trinajstić information content (AvgIpc) is 2.75. The second-order valence-corrected chi connectivity index (χ2v) is 9.11. The first kappa shape index (κ1) is 21.3. The Morgan fingerprint density at radius 2 is 1.76 bits per heavy atom. The fourth-order valence-electron chi connectivity index (χ4n) is 4.21. The van der Waals surface area contributed by atoms with Crippen molar-refractivity contribution in [3.05, 3.63) is 23.9 Å². The molecule has 0 unspecified atom stereocenters. The second-order valence-electron chi connectivity index (χ2n) is 9.11. The van der Waals surface area contributed by atoms with E-state index < -0.39 is 11.0 Å². The molecule has 2 fully saturated rings. The van der Waals surface area contributed by atoms with E-state index in [1.165, 1.54) is 0 Å². The number of carbonyl (C=O) groups is 3. The number of ether oxygens (including phenoxy) is 1. The SMILES string of the molecule is CC(C)(C)OC(=O)c1ccc(N2CCCC3(CCCC(=O)NC3=O)CCC2)nc1. The molecule has 2 aliphatic rings. The largest absolute Gasteiger partial charge is 0.456 e. The van der Waals surface area contributed by atoms with E-state index in [1.54, 1.807) is 12.3 Å². The average molecular weight is 402 g/mol. The van der Waals surface area contributed by atoms with Crippen LogP contribution in [-0.4, -0.2) is 41.5 Å². The molecule has 29 heavy (non-hydrogen) atoms. The minimum Gasteiger partial charge on any atom is -0.456 e. The summed E-state index contributed by atoms with van der Waals surface area (Å²) in [6, 6.07) is 3.61. The zero-order chi connectivity index (χ0) is 21.1. The Labute approximate surface area is 172 Å². The van der Waals surface area contributed by atoms with Gasteiger partial charge in [0, 0.05) is 31.1 Å². The predicted molar refractivity (Wildman–Crippen MR) is 110 cm³/mol. The molecule has 1 N–H and O–H groups in total. The lowest BCUT2D eigenvalue weighted by Gasteiger charge is -2.35. The first-order chi connectivity index (χ1) is 13.7. The number of amides is 2. The summed E-state index contributed by atoms with van der Waals surface area (Å²) in [5.41, 5.74) is -0.509.